The van der Waals surface area contributed by atoms with Gasteiger partial charge in [0.05, 0.1) is 23.2 Å². The van der Waals surface area contributed by atoms with Crippen LogP contribution in [0.2, 0.25) is 0 Å². The van der Waals surface area contributed by atoms with Gasteiger partial charge in [0.15, 0.2) is 0 Å². The van der Waals surface area contributed by atoms with E-state index in [1.54, 1.807) is 59.6 Å². The smallest absolute Gasteiger partial charge is 0.250 e. The highest BCUT2D eigenvalue weighted by Crippen LogP contribution is 2.18. The summed E-state index contributed by atoms with van der Waals surface area (Å²) in [5.41, 5.74) is 15.6. The zero-order chi connectivity index (χ0) is 65.3. The molecule has 0 saturated heterocycles. The average molecular weight is 1290 g/mol. The zero-order valence-electron chi connectivity index (χ0n) is 55.8. The molecule has 0 aliphatic heterocycles. The summed E-state index contributed by atoms with van der Waals surface area (Å²) in [5.74, 6) is 2.03. The largest absolute Gasteiger partial charge is 0.466 e. The highest BCUT2D eigenvalue weighted by Gasteiger charge is 1.98. The van der Waals surface area contributed by atoms with Crippen LogP contribution >= 0.6 is 45.3 Å². The number of furan rings is 1. The van der Waals surface area contributed by atoms with E-state index in [1.807, 2.05) is 169 Å². The van der Waals surface area contributed by atoms with E-state index in [4.69, 9.17) is 4.42 Å². The van der Waals surface area contributed by atoms with Crippen LogP contribution in [0.5, 0.6) is 0 Å². The minimum absolute atomic E-state index is 0. The molecule has 11 aromatic heterocycles. The number of fused-ring (bicyclic) bond motifs is 2. The number of H-pyrrole nitrogens is 1. The van der Waals surface area contributed by atoms with Gasteiger partial charge in [0.25, 0.3) is 0 Å². The van der Waals surface area contributed by atoms with Crippen LogP contribution in [0.3, 0.4) is 0 Å². The van der Waals surface area contributed by atoms with Crippen molar-refractivity contribution in [1.82, 2.24) is 43.8 Å². The molecule has 0 amide bonds. The van der Waals surface area contributed by atoms with Crippen molar-refractivity contribution in [1.29, 1.82) is 0 Å². The lowest BCUT2D eigenvalue weighted by atomic mass is 10.1. The fourth-order valence-electron chi connectivity index (χ4n) is 7.55. The lowest BCUT2D eigenvalue weighted by Gasteiger charge is -1.98. The second-order valence-corrected chi connectivity index (χ2v) is 25.9. The minimum atomic E-state index is 0. The second kappa shape index (κ2) is 42.8. The summed E-state index contributed by atoms with van der Waals surface area (Å²) in [6.45, 7) is 37.2. The summed E-state index contributed by atoms with van der Waals surface area (Å²) in [5, 5.41) is 13.4. The first-order valence-corrected chi connectivity index (χ1v) is 32.4. The van der Waals surface area contributed by atoms with Gasteiger partial charge in [-0.1, -0.05) is 69.5 Å². The minimum Gasteiger partial charge on any atom is -0.466 e. The van der Waals surface area contributed by atoms with E-state index in [9.17, 15) is 4.79 Å². The summed E-state index contributed by atoms with van der Waals surface area (Å²) in [4.78, 5) is 36.8. The third-order valence-corrected chi connectivity index (χ3v) is 16.9. The summed E-state index contributed by atoms with van der Waals surface area (Å²) >= 11 is 7.12. The van der Waals surface area contributed by atoms with Crippen LogP contribution in [-0.4, -0.2) is 43.8 Å². The molecule has 13 rings (SSSR count). The number of nitrogens with one attached hydrogen (secondary N) is 1. The van der Waals surface area contributed by atoms with Crippen LogP contribution in [0.25, 0.3) is 21.5 Å². The van der Waals surface area contributed by atoms with Crippen LogP contribution in [-0.2, 0) is 21.1 Å². The van der Waals surface area contributed by atoms with E-state index in [2.05, 4.69) is 171 Å². The number of hydrogen-bond donors (Lipinski definition) is 1. The Bertz CT molecular complexity index is 3740. The number of pyridine rings is 3. The molecule has 482 valence electrons. The third-order valence-electron chi connectivity index (χ3n) is 13.4. The van der Waals surface area contributed by atoms with E-state index >= 15 is 0 Å². The molecule has 13 aromatic rings. The van der Waals surface area contributed by atoms with Crippen LogP contribution < -0.4 is 5.56 Å². The van der Waals surface area contributed by atoms with Gasteiger partial charge in [-0.05, 0) is 228 Å². The van der Waals surface area contributed by atoms with Gasteiger partial charge in [0.2, 0.25) is 5.56 Å². The van der Waals surface area contributed by atoms with Gasteiger partial charge >= 0.3 is 0 Å². The molecule has 15 heteroatoms. The first-order chi connectivity index (χ1) is 41.7. The maximum Gasteiger partial charge on any atom is 0.250 e. The molecule has 0 fully saturated rings. The predicted molar refractivity (Wildman–Crippen MR) is 395 cm³/mol. The number of rotatable bonds is 0. The number of aryl methyl sites for hydroxylation is 20. The van der Waals surface area contributed by atoms with Crippen molar-refractivity contribution in [2.24, 2.45) is 21.1 Å². The summed E-state index contributed by atoms with van der Waals surface area (Å²) in [6.07, 6.45) is 15.0. The summed E-state index contributed by atoms with van der Waals surface area (Å²) in [7, 11) is 5.63. The first kappa shape index (κ1) is 79.9. The van der Waals surface area contributed by atoms with Gasteiger partial charge in [-0.3, -0.25) is 24.4 Å². The maximum atomic E-state index is 10.6. The van der Waals surface area contributed by atoms with E-state index in [-0.39, 0.29) is 20.4 Å². The Morgan fingerprint density at radius 2 is 1.11 bits per heavy atom. The molecule has 0 spiro atoms. The van der Waals surface area contributed by atoms with Crippen LogP contribution in [0.15, 0.2) is 184 Å². The molecule has 2 aromatic carbocycles. The van der Waals surface area contributed by atoms with Gasteiger partial charge in [-0.25, -0.2) is 4.98 Å². The Hall–Kier alpha value is -8.08. The van der Waals surface area contributed by atoms with Gasteiger partial charge in [-0.2, -0.15) is 5.10 Å². The normalized spacial score (nSPS) is 9.48. The van der Waals surface area contributed by atoms with Gasteiger partial charge in [-0.15, -0.1) is 45.3 Å². The maximum absolute atomic E-state index is 10.6. The van der Waals surface area contributed by atoms with Gasteiger partial charge < -0.3 is 18.5 Å². The molecule has 11 heterocycles. The fourth-order valence-corrected chi connectivity index (χ4v) is 10.2. The van der Waals surface area contributed by atoms with E-state index in [0.29, 0.717) is 0 Å². The highest BCUT2D eigenvalue weighted by atomic mass is 32.1. The highest BCUT2D eigenvalue weighted by molar-refractivity contribution is 7.11. The molecule has 0 unspecified atom stereocenters. The second-order valence-electron chi connectivity index (χ2n) is 21.1. The van der Waals surface area contributed by atoms with Gasteiger partial charge in [0, 0.05) is 123 Å². The number of hydrogen-bond acceptors (Lipinski definition) is 11. The van der Waals surface area contributed by atoms with E-state index < -0.39 is 0 Å². The molecule has 0 atom stereocenters. The van der Waals surface area contributed by atoms with E-state index in [0.717, 1.165) is 28.6 Å². The van der Waals surface area contributed by atoms with Crippen LogP contribution in [0.4, 0.5) is 0 Å². The Balaban J connectivity index is 0.000000496. The van der Waals surface area contributed by atoms with Crippen molar-refractivity contribution in [2.45, 2.75) is 139 Å². The third kappa shape index (κ3) is 30.9. The number of aromatic amines is 1. The zero-order valence-corrected chi connectivity index (χ0v) is 59.0. The summed E-state index contributed by atoms with van der Waals surface area (Å²) in [6, 6.07) is 36.3. The number of nitrogens with zero attached hydrogens (tertiary/aromatic N) is 8. The molecule has 0 bridgehead atoms. The monoisotopic (exact) mass is 1290 g/mol. The lowest BCUT2D eigenvalue weighted by molar-refractivity contribution is 0.502. The van der Waals surface area contributed by atoms with E-state index in [1.165, 1.54) is 101 Å². The molecule has 0 aliphatic carbocycles. The quantitative estimate of drug-likeness (QED) is 0.160. The SMILES string of the molecule is C.C.Cc1c[nH]c(C)c1C.Cc1cc(C)c(C)o1.Cc1cc(C)n(C)n1.Cc1ccc(C)s1.Cc1ccsc1C.Cc1ccsc1C.Cc1cn(C)cn1.Cc1cncc2ccccc12.Cc1cncs1.Cc1nccc2ccccc12.Cn1ccccc1=O. The van der Waals surface area contributed by atoms with Gasteiger partial charge in [0.1, 0.15) is 11.5 Å². The topological polar surface area (TPSA) is 125 Å². The number of thiophene rings is 3. The molecule has 0 radical (unpaired) electrons. The first-order valence-electron chi connectivity index (χ1n) is 28.9. The molecule has 11 nitrogen and oxygen atoms in total. The van der Waals surface area contributed by atoms with Crippen molar-refractivity contribution >= 4 is 66.9 Å². The van der Waals surface area contributed by atoms with Crippen molar-refractivity contribution in [3.63, 3.8) is 0 Å². The Morgan fingerprint density at radius 1 is 0.522 bits per heavy atom. The molecule has 1 N–H and O–H groups in total. The fraction of sp³-hybridized carbons (Fsp3) is 0.307. The number of imidazole rings is 1. The van der Waals surface area contributed by atoms with Crippen molar-refractivity contribution in [2.75, 3.05) is 0 Å². The molecular formula is C75H101N9O2S4. The molecule has 0 aliphatic rings. The van der Waals surface area contributed by atoms with Crippen molar-refractivity contribution < 1.29 is 4.42 Å². The van der Waals surface area contributed by atoms with Crippen LogP contribution in [0.1, 0.15) is 113 Å². The lowest BCUT2D eigenvalue weighted by Crippen LogP contribution is -2.12. The molecule has 90 heavy (non-hydrogen) atoms. The summed E-state index contributed by atoms with van der Waals surface area (Å²) < 4.78 is 10.5. The predicted octanol–water partition coefficient (Wildman–Crippen LogP) is 21.2. The molecule has 0 saturated carbocycles. The number of thiazole rings is 1. The Labute approximate surface area is 555 Å². The molecular weight excluding hydrogens is 1190 g/mol. The number of benzene rings is 2. The Morgan fingerprint density at radius 3 is 1.40 bits per heavy atom. The van der Waals surface area contributed by atoms with Crippen molar-refractivity contribution in [3.8, 4) is 0 Å². The average Bonchev–Trinajstić information content (AvgIpc) is 3.55. The number of aromatic nitrogens is 9. The van der Waals surface area contributed by atoms with Crippen molar-refractivity contribution in [3.05, 3.63) is 283 Å². The Kier molecular flexibility index (Phi) is 38.0. The van der Waals surface area contributed by atoms with Crippen LogP contribution in [0, 0.1) is 125 Å². The standard InChI is InChI=1S/2C10H9N.C7H11N.C7H10O.C6H10N2.C6H7NO.3C6H8S.C5H8N2.C4H5NS.2CH4/c1-8-6-11-7-9-4-2-3-5-10(8)9;1-8-10-5-3-2-4-9(10)6-7-11-8;1-5-4-8-7(3)6(5)2;1-5-4-6(2)8-7(5)3;1-5-4-6(2)8(3)7-5;1-7-5-3-2-4-6(7)8;2*1-5-3-4-7-6(5)2;1-5-3-4-6(2)7-5;1-5-3-7(2)4-6-5;1-4-2-5-3-6-4;;/h2*2-7H,1H3;4,8H,1-3H3;2*4H,1-3H3;2-5H,1H3;4*3-4H,1-2H3;2-3H,1H3;2*1H4.